The lowest BCUT2D eigenvalue weighted by Gasteiger charge is -2.36. The Labute approximate surface area is 92.5 Å². The molecule has 0 bridgehead atoms. The predicted octanol–water partition coefficient (Wildman–Crippen LogP) is 3.16. The van der Waals surface area contributed by atoms with Crippen molar-refractivity contribution in [3.63, 3.8) is 0 Å². The first kappa shape index (κ1) is 11.5. The van der Waals surface area contributed by atoms with Crippen molar-refractivity contribution in [3.05, 3.63) is 35.4 Å². The predicted molar refractivity (Wildman–Crippen MR) is 56.0 cm³/mol. The summed E-state index contributed by atoms with van der Waals surface area (Å²) >= 11 is 0. The molecular formula is C12H14F3N. The van der Waals surface area contributed by atoms with Crippen LogP contribution < -0.4 is 5.73 Å². The van der Waals surface area contributed by atoms with Gasteiger partial charge in [0, 0.05) is 0 Å². The standard InChI is InChI=1S/C12H14F3N/c13-12(14,15)11-4-2-1-3-10(11)9-5-8(6-9)7-16/h1-4,8-9H,5-7,16H2. The fraction of sp³-hybridized carbons (Fsp3) is 0.500. The Morgan fingerprint density at radius 2 is 1.81 bits per heavy atom. The Morgan fingerprint density at radius 3 is 2.38 bits per heavy atom. The van der Waals surface area contributed by atoms with E-state index in [-0.39, 0.29) is 5.92 Å². The molecule has 4 heteroatoms. The molecule has 0 spiro atoms. The van der Waals surface area contributed by atoms with E-state index in [2.05, 4.69) is 0 Å². The molecule has 0 aromatic heterocycles. The smallest absolute Gasteiger partial charge is 0.330 e. The Kier molecular flexibility index (Phi) is 2.93. The lowest BCUT2D eigenvalue weighted by Crippen LogP contribution is -2.29. The fourth-order valence-electron chi connectivity index (χ4n) is 2.29. The molecule has 1 nitrogen and oxygen atoms in total. The van der Waals surface area contributed by atoms with Gasteiger partial charge in [-0.15, -0.1) is 0 Å². The van der Waals surface area contributed by atoms with E-state index in [1.165, 1.54) is 6.07 Å². The monoisotopic (exact) mass is 229 g/mol. The maximum absolute atomic E-state index is 12.7. The minimum atomic E-state index is -4.25. The molecule has 1 aromatic rings. The summed E-state index contributed by atoms with van der Waals surface area (Å²) in [5.74, 6) is 0.428. The van der Waals surface area contributed by atoms with Crippen molar-refractivity contribution in [2.24, 2.45) is 11.7 Å². The van der Waals surface area contributed by atoms with Crippen molar-refractivity contribution < 1.29 is 13.2 Å². The highest BCUT2D eigenvalue weighted by atomic mass is 19.4. The molecule has 1 saturated carbocycles. The highest BCUT2D eigenvalue weighted by Gasteiger charge is 2.38. The van der Waals surface area contributed by atoms with E-state index in [0.717, 1.165) is 18.9 Å². The number of hydrogen-bond acceptors (Lipinski definition) is 1. The molecule has 88 valence electrons. The molecule has 0 saturated heterocycles. The summed E-state index contributed by atoms with van der Waals surface area (Å²) < 4.78 is 38.2. The van der Waals surface area contributed by atoms with Crippen molar-refractivity contribution in [2.45, 2.75) is 24.9 Å². The van der Waals surface area contributed by atoms with Crippen molar-refractivity contribution in [3.8, 4) is 0 Å². The second kappa shape index (κ2) is 4.09. The summed E-state index contributed by atoms with van der Waals surface area (Å²) in [4.78, 5) is 0. The first-order valence-electron chi connectivity index (χ1n) is 5.38. The first-order valence-corrected chi connectivity index (χ1v) is 5.38. The van der Waals surface area contributed by atoms with Crippen LogP contribution in [0.15, 0.2) is 24.3 Å². The van der Waals surface area contributed by atoms with Gasteiger partial charge in [0.1, 0.15) is 0 Å². The van der Waals surface area contributed by atoms with Gasteiger partial charge in [0.2, 0.25) is 0 Å². The molecule has 0 aliphatic heterocycles. The molecule has 1 aliphatic carbocycles. The van der Waals surface area contributed by atoms with Crippen LogP contribution in [0.3, 0.4) is 0 Å². The van der Waals surface area contributed by atoms with Crippen LogP contribution in [0, 0.1) is 5.92 Å². The van der Waals surface area contributed by atoms with Gasteiger partial charge in [0.05, 0.1) is 5.56 Å². The van der Waals surface area contributed by atoms with Gasteiger partial charge in [-0.05, 0) is 42.9 Å². The number of hydrogen-bond donors (Lipinski definition) is 1. The Hall–Kier alpha value is -1.03. The quantitative estimate of drug-likeness (QED) is 0.828. The zero-order valence-electron chi connectivity index (χ0n) is 8.80. The van der Waals surface area contributed by atoms with E-state index in [0.29, 0.717) is 18.0 Å². The third kappa shape index (κ3) is 2.07. The Balaban J connectivity index is 2.22. The van der Waals surface area contributed by atoms with E-state index < -0.39 is 11.7 Å². The second-order valence-corrected chi connectivity index (χ2v) is 4.36. The summed E-state index contributed by atoms with van der Waals surface area (Å²) in [5.41, 5.74) is 5.42. The highest BCUT2D eigenvalue weighted by Crippen LogP contribution is 2.45. The average Bonchev–Trinajstić information content (AvgIpc) is 2.15. The SMILES string of the molecule is NCC1CC(c2ccccc2C(F)(F)F)C1. The molecular weight excluding hydrogens is 215 g/mol. The van der Waals surface area contributed by atoms with Crippen LogP contribution >= 0.6 is 0 Å². The molecule has 0 unspecified atom stereocenters. The van der Waals surface area contributed by atoms with Gasteiger partial charge in [-0.3, -0.25) is 0 Å². The van der Waals surface area contributed by atoms with Crippen LogP contribution in [0.5, 0.6) is 0 Å². The zero-order chi connectivity index (χ0) is 11.8. The summed E-state index contributed by atoms with van der Waals surface area (Å²) in [6.45, 7) is 0.574. The summed E-state index contributed by atoms with van der Waals surface area (Å²) in [7, 11) is 0. The number of nitrogens with two attached hydrogens (primary N) is 1. The van der Waals surface area contributed by atoms with Gasteiger partial charge in [-0.1, -0.05) is 18.2 Å². The maximum Gasteiger partial charge on any atom is 0.416 e. The minimum absolute atomic E-state index is 0.0337. The van der Waals surface area contributed by atoms with E-state index in [9.17, 15) is 13.2 Å². The fourth-order valence-corrected chi connectivity index (χ4v) is 2.29. The third-order valence-electron chi connectivity index (χ3n) is 3.28. The summed E-state index contributed by atoms with van der Waals surface area (Å²) in [5, 5.41) is 0. The van der Waals surface area contributed by atoms with E-state index in [1.54, 1.807) is 12.1 Å². The van der Waals surface area contributed by atoms with E-state index >= 15 is 0 Å². The van der Waals surface area contributed by atoms with E-state index in [1.807, 2.05) is 0 Å². The molecule has 0 radical (unpaired) electrons. The normalized spacial score (nSPS) is 25.2. The number of rotatable bonds is 2. The largest absolute Gasteiger partial charge is 0.416 e. The van der Waals surface area contributed by atoms with Gasteiger partial charge >= 0.3 is 6.18 Å². The molecule has 16 heavy (non-hydrogen) atoms. The second-order valence-electron chi connectivity index (χ2n) is 4.36. The number of benzene rings is 1. The van der Waals surface area contributed by atoms with Crippen LogP contribution in [0.4, 0.5) is 13.2 Å². The van der Waals surface area contributed by atoms with Gasteiger partial charge in [-0.2, -0.15) is 13.2 Å². The number of halogens is 3. The number of alkyl halides is 3. The lowest BCUT2D eigenvalue weighted by atomic mass is 9.70. The van der Waals surface area contributed by atoms with Crippen molar-refractivity contribution in [2.75, 3.05) is 6.54 Å². The van der Waals surface area contributed by atoms with Crippen LogP contribution in [-0.4, -0.2) is 6.54 Å². The summed E-state index contributed by atoms with van der Waals surface area (Å²) in [6.07, 6.45) is -2.68. The lowest BCUT2D eigenvalue weighted by molar-refractivity contribution is -0.138. The maximum atomic E-state index is 12.7. The van der Waals surface area contributed by atoms with Crippen LogP contribution in [0.1, 0.15) is 29.9 Å². The Bertz CT molecular complexity index is 367. The minimum Gasteiger partial charge on any atom is -0.330 e. The van der Waals surface area contributed by atoms with Crippen molar-refractivity contribution >= 4 is 0 Å². The molecule has 1 aliphatic rings. The van der Waals surface area contributed by atoms with Crippen molar-refractivity contribution in [1.82, 2.24) is 0 Å². The first-order chi connectivity index (χ1) is 7.52. The van der Waals surface area contributed by atoms with Gasteiger partial charge in [0.15, 0.2) is 0 Å². The zero-order valence-corrected chi connectivity index (χ0v) is 8.80. The van der Waals surface area contributed by atoms with Crippen LogP contribution in [0.25, 0.3) is 0 Å². The third-order valence-corrected chi connectivity index (χ3v) is 3.28. The van der Waals surface area contributed by atoms with Gasteiger partial charge < -0.3 is 5.73 Å². The topological polar surface area (TPSA) is 26.0 Å². The average molecular weight is 229 g/mol. The molecule has 1 fully saturated rings. The van der Waals surface area contributed by atoms with E-state index in [4.69, 9.17) is 5.73 Å². The van der Waals surface area contributed by atoms with Crippen LogP contribution in [-0.2, 0) is 6.18 Å². The van der Waals surface area contributed by atoms with Crippen molar-refractivity contribution in [1.29, 1.82) is 0 Å². The molecule has 2 N–H and O–H groups in total. The molecule has 1 aromatic carbocycles. The molecule has 0 amide bonds. The summed E-state index contributed by atoms with van der Waals surface area (Å²) in [6, 6.07) is 5.84. The molecule has 2 rings (SSSR count). The van der Waals surface area contributed by atoms with Gasteiger partial charge in [0.25, 0.3) is 0 Å². The van der Waals surface area contributed by atoms with Gasteiger partial charge in [-0.25, -0.2) is 0 Å². The molecule has 0 heterocycles. The Morgan fingerprint density at radius 1 is 1.19 bits per heavy atom. The highest BCUT2D eigenvalue weighted by molar-refractivity contribution is 5.34. The van der Waals surface area contributed by atoms with Crippen LogP contribution in [0.2, 0.25) is 0 Å². The molecule has 0 atom stereocenters.